The van der Waals surface area contributed by atoms with Crippen LogP contribution < -0.4 is 0 Å². The van der Waals surface area contributed by atoms with Crippen molar-refractivity contribution in [1.82, 2.24) is 0 Å². The Morgan fingerprint density at radius 3 is 2.14 bits per heavy atom. The van der Waals surface area contributed by atoms with Crippen LogP contribution in [0.15, 0.2) is 24.3 Å². The minimum Gasteiger partial charge on any atom is -0.383 e. The summed E-state index contributed by atoms with van der Waals surface area (Å²) < 4.78 is -0.657. The fourth-order valence-corrected chi connectivity index (χ4v) is 2.16. The minimum atomic E-state index is -1.20. The normalized spacial score (nSPS) is 26.1. The van der Waals surface area contributed by atoms with Gasteiger partial charge in [0.05, 0.1) is 0 Å². The summed E-state index contributed by atoms with van der Waals surface area (Å²) in [4.78, 5) is 23.2. The summed E-state index contributed by atoms with van der Waals surface area (Å²) in [6.45, 7) is 0. The number of fused-ring (bicyclic) bond motifs is 1. The molecule has 3 nitrogen and oxygen atoms in total. The van der Waals surface area contributed by atoms with Crippen LogP contribution in [0.5, 0.6) is 0 Å². The first-order chi connectivity index (χ1) is 6.63. The molecule has 0 bridgehead atoms. The van der Waals surface area contributed by atoms with Gasteiger partial charge in [0.15, 0.2) is 11.6 Å². The number of hydrogen-bond acceptors (Lipinski definition) is 3. The first-order valence-corrected chi connectivity index (χ1v) is 5.37. The van der Waals surface area contributed by atoms with E-state index in [0.717, 1.165) is 0 Å². The molecule has 14 heavy (non-hydrogen) atoms. The van der Waals surface area contributed by atoms with E-state index < -0.39 is 10.0 Å². The maximum Gasteiger partial charge on any atom is 0.193 e. The number of aliphatic hydroxyl groups excluding tert-OH is 1. The van der Waals surface area contributed by atoms with Crippen LogP contribution in [0.4, 0.5) is 0 Å². The monoisotopic (exact) mass is 302 g/mol. The van der Waals surface area contributed by atoms with E-state index in [-0.39, 0.29) is 11.6 Å². The average Bonchev–Trinajstić information content (AvgIpc) is 2.23. The molecule has 0 amide bonds. The second-order valence-electron chi connectivity index (χ2n) is 3.12. The Kier molecular flexibility index (Phi) is 2.40. The molecule has 4 heteroatoms. The van der Waals surface area contributed by atoms with Crippen molar-refractivity contribution >= 4 is 34.2 Å². The van der Waals surface area contributed by atoms with Gasteiger partial charge < -0.3 is 5.11 Å². The summed E-state index contributed by atoms with van der Waals surface area (Å²) in [6.07, 6.45) is -1.20. The highest BCUT2D eigenvalue weighted by Gasteiger charge is 2.38. The molecule has 0 heterocycles. The average molecular weight is 302 g/mol. The number of aliphatic hydroxyl groups is 1. The first kappa shape index (κ1) is 9.79. The van der Waals surface area contributed by atoms with Gasteiger partial charge in [-0.3, -0.25) is 9.59 Å². The van der Waals surface area contributed by atoms with E-state index in [9.17, 15) is 14.7 Å². The fourth-order valence-electron chi connectivity index (χ4n) is 1.50. The number of halogens is 1. The standard InChI is InChI=1S/C10H7IO3/c11-7-8(12)5-3-1-2-4-6(5)9(13)10(7)14/h1-4,7,10,14H. The molecule has 1 aromatic carbocycles. The van der Waals surface area contributed by atoms with Gasteiger partial charge in [-0.05, 0) is 0 Å². The highest BCUT2D eigenvalue weighted by atomic mass is 127. The largest absolute Gasteiger partial charge is 0.383 e. The maximum absolute atomic E-state index is 11.7. The van der Waals surface area contributed by atoms with E-state index >= 15 is 0 Å². The van der Waals surface area contributed by atoms with E-state index in [0.29, 0.717) is 11.1 Å². The highest BCUT2D eigenvalue weighted by molar-refractivity contribution is 14.1. The fraction of sp³-hybridized carbons (Fsp3) is 0.200. The molecule has 2 rings (SSSR count). The molecule has 0 aromatic heterocycles. The van der Waals surface area contributed by atoms with Crippen LogP contribution in [-0.4, -0.2) is 26.7 Å². The highest BCUT2D eigenvalue weighted by Crippen LogP contribution is 2.26. The minimum absolute atomic E-state index is 0.173. The maximum atomic E-state index is 11.7. The molecular weight excluding hydrogens is 295 g/mol. The molecular formula is C10H7IO3. The smallest absolute Gasteiger partial charge is 0.193 e. The number of carbonyl (C=O) groups is 2. The van der Waals surface area contributed by atoms with Crippen molar-refractivity contribution in [3.63, 3.8) is 0 Å². The van der Waals surface area contributed by atoms with Gasteiger partial charge in [0.1, 0.15) is 10.0 Å². The molecule has 1 aromatic rings. The van der Waals surface area contributed by atoms with E-state index in [2.05, 4.69) is 0 Å². The van der Waals surface area contributed by atoms with Crippen molar-refractivity contribution in [3.05, 3.63) is 35.4 Å². The topological polar surface area (TPSA) is 54.4 Å². The van der Waals surface area contributed by atoms with Crippen LogP contribution in [0.1, 0.15) is 20.7 Å². The zero-order valence-corrected chi connectivity index (χ0v) is 9.26. The first-order valence-electron chi connectivity index (χ1n) is 4.12. The number of hydrogen-bond donors (Lipinski definition) is 1. The van der Waals surface area contributed by atoms with E-state index in [1.165, 1.54) is 0 Å². The number of rotatable bonds is 0. The van der Waals surface area contributed by atoms with Crippen molar-refractivity contribution in [2.24, 2.45) is 0 Å². The second-order valence-corrected chi connectivity index (χ2v) is 4.46. The van der Waals surface area contributed by atoms with Crippen LogP contribution in [0.25, 0.3) is 0 Å². The molecule has 2 atom stereocenters. The summed E-state index contributed by atoms with van der Waals surface area (Å²) in [6, 6.07) is 6.59. The molecule has 0 saturated heterocycles. The predicted molar refractivity (Wildman–Crippen MR) is 58.9 cm³/mol. The Balaban J connectivity index is 2.62. The van der Waals surface area contributed by atoms with Gasteiger partial charge in [-0.1, -0.05) is 46.9 Å². The van der Waals surface area contributed by atoms with Gasteiger partial charge >= 0.3 is 0 Å². The molecule has 0 saturated carbocycles. The third-order valence-corrected chi connectivity index (χ3v) is 3.50. The Labute approximate surface area is 94.3 Å². The third kappa shape index (κ3) is 1.29. The van der Waals surface area contributed by atoms with Crippen LogP contribution in [-0.2, 0) is 0 Å². The van der Waals surface area contributed by atoms with E-state index in [1.54, 1.807) is 46.9 Å². The Bertz CT molecular complexity index is 375. The number of carbonyl (C=O) groups excluding carboxylic acids is 2. The lowest BCUT2D eigenvalue weighted by molar-refractivity contribution is 0.0678. The zero-order chi connectivity index (χ0) is 10.3. The number of alkyl halides is 1. The molecule has 2 unspecified atom stereocenters. The van der Waals surface area contributed by atoms with Gasteiger partial charge in [0, 0.05) is 11.1 Å². The number of ketones is 2. The van der Waals surface area contributed by atoms with Crippen LogP contribution in [0.2, 0.25) is 0 Å². The van der Waals surface area contributed by atoms with Gasteiger partial charge in [-0.25, -0.2) is 0 Å². The molecule has 1 aliphatic rings. The molecule has 72 valence electrons. The van der Waals surface area contributed by atoms with E-state index in [1.807, 2.05) is 0 Å². The molecule has 1 aliphatic carbocycles. The van der Waals surface area contributed by atoms with Gasteiger partial charge in [0.25, 0.3) is 0 Å². The van der Waals surface area contributed by atoms with Crippen molar-refractivity contribution in [1.29, 1.82) is 0 Å². The Morgan fingerprint density at radius 2 is 1.57 bits per heavy atom. The van der Waals surface area contributed by atoms with Gasteiger partial charge in [-0.2, -0.15) is 0 Å². The molecule has 0 aliphatic heterocycles. The van der Waals surface area contributed by atoms with Crippen LogP contribution >= 0.6 is 22.6 Å². The lowest BCUT2D eigenvalue weighted by atomic mass is 9.88. The third-order valence-electron chi connectivity index (χ3n) is 2.25. The molecule has 0 spiro atoms. The van der Waals surface area contributed by atoms with Crippen LogP contribution in [0.3, 0.4) is 0 Å². The van der Waals surface area contributed by atoms with Gasteiger partial charge in [-0.15, -0.1) is 0 Å². The predicted octanol–water partition coefficient (Wildman–Crippen LogP) is 1.23. The van der Waals surface area contributed by atoms with Gasteiger partial charge in [0.2, 0.25) is 0 Å². The summed E-state index contributed by atoms with van der Waals surface area (Å²) >= 11 is 1.80. The summed E-state index contributed by atoms with van der Waals surface area (Å²) in [5, 5.41) is 9.49. The SMILES string of the molecule is O=C1c2ccccc2C(=O)C(I)C1O. The quantitative estimate of drug-likeness (QED) is 0.579. The Morgan fingerprint density at radius 1 is 1.07 bits per heavy atom. The second kappa shape index (κ2) is 3.43. The molecule has 1 N–H and O–H groups in total. The summed E-state index contributed by atoms with van der Waals surface area (Å²) in [5.41, 5.74) is 0.750. The van der Waals surface area contributed by atoms with Crippen LogP contribution in [0, 0.1) is 0 Å². The zero-order valence-electron chi connectivity index (χ0n) is 7.11. The summed E-state index contributed by atoms with van der Waals surface area (Å²) in [7, 11) is 0. The van der Waals surface area contributed by atoms with Crippen molar-refractivity contribution in [3.8, 4) is 0 Å². The lowest BCUT2D eigenvalue weighted by Gasteiger charge is -2.22. The summed E-state index contributed by atoms with van der Waals surface area (Å²) in [5.74, 6) is -0.534. The number of Topliss-reactive ketones (excluding diaryl/α,β-unsaturated/α-hetero) is 2. The molecule has 0 radical (unpaired) electrons. The molecule has 0 fully saturated rings. The van der Waals surface area contributed by atoms with Crippen molar-refractivity contribution < 1.29 is 14.7 Å². The van der Waals surface area contributed by atoms with E-state index in [4.69, 9.17) is 0 Å². The lowest BCUT2D eigenvalue weighted by Crippen LogP contribution is -2.41. The Hall–Kier alpha value is -0.750. The number of benzene rings is 1. The van der Waals surface area contributed by atoms with Crippen molar-refractivity contribution in [2.45, 2.75) is 10.0 Å². The van der Waals surface area contributed by atoms with Crippen molar-refractivity contribution in [2.75, 3.05) is 0 Å².